The second-order valence-electron chi connectivity index (χ2n) is 9.45. The van der Waals surface area contributed by atoms with E-state index in [2.05, 4.69) is 10.2 Å². The Morgan fingerprint density at radius 2 is 1.94 bits per heavy atom. The molecule has 1 atom stereocenters. The minimum Gasteiger partial charge on any atom is -0.494 e. The number of hydroxylamine groups is 1. The lowest BCUT2D eigenvalue weighted by Crippen LogP contribution is -2.43. The fraction of sp³-hybridized carbons (Fsp3) is 0.429. The Morgan fingerprint density at radius 3 is 2.69 bits per heavy atom. The van der Waals surface area contributed by atoms with Crippen molar-refractivity contribution in [1.82, 2.24) is 15.7 Å². The van der Waals surface area contributed by atoms with Crippen LogP contribution in [0.2, 0.25) is 0 Å². The lowest BCUT2D eigenvalue weighted by atomic mass is 9.92. The number of hydrogen-bond donors (Lipinski definition) is 3. The minimum atomic E-state index is -0.568. The van der Waals surface area contributed by atoms with Crippen molar-refractivity contribution in [2.45, 2.75) is 32.6 Å². The summed E-state index contributed by atoms with van der Waals surface area (Å²) in [7, 11) is 0. The summed E-state index contributed by atoms with van der Waals surface area (Å²) in [6, 6.07) is 15.3. The molecule has 0 radical (unpaired) electrons. The first-order valence-electron chi connectivity index (χ1n) is 12.6. The molecule has 0 aliphatic carbocycles. The molecule has 8 heteroatoms. The zero-order chi connectivity index (χ0) is 25.3. The van der Waals surface area contributed by atoms with E-state index in [1.165, 1.54) is 0 Å². The molecule has 1 saturated heterocycles. The van der Waals surface area contributed by atoms with Gasteiger partial charge in [-0.15, -0.1) is 0 Å². The number of nitrogens with zero attached hydrogens (tertiary/aromatic N) is 1. The van der Waals surface area contributed by atoms with Gasteiger partial charge in [0.15, 0.2) is 0 Å². The van der Waals surface area contributed by atoms with Crippen molar-refractivity contribution in [2.75, 3.05) is 39.3 Å². The highest BCUT2D eigenvalue weighted by Gasteiger charge is 2.21. The number of rotatable bonds is 11. The predicted molar refractivity (Wildman–Crippen MR) is 139 cm³/mol. The van der Waals surface area contributed by atoms with E-state index in [-0.39, 0.29) is 6.42 Å². The van der Waals surface area contributed by atoms with Gasteiger partial charge in [-0.25, -0.2) is 10.3 Å². The van der Waals surface area contributed by atoms with Gasteiger partial charge in [0.25, 0.3) is 0 Å². The highest BCUT2D eigenvalue weighted by atomic mass is 16.5. The number of carbonyl (C=O) groups excluding carboxylic acids is 1. The summed E-state index contributed by atoms with van der Waals surface area (Å²) < 4.78 is 11.3. The van der Waals surface area contributed by atoms with Gasteiger partial charge in [-0.3, -0.25) is 10.0 Å². The van der Waals surface area contributed by atoms with Crippen LogP contribution in [0, 0.1) is 12.8 Å². The number of fused-ring (bicyclic) bond motifs is 1. The zero-order valence-electron chi connectivity index (χ0n) is 20.8. The van der Waals surface area contributed by atoms with Crippen molar-refractivity contribution in [2.24, 2.45) is 5.92 Å². The fourth-order valence-electron chi connectivity index (χ4n) is 4.62. The summed E-state index contributed by atoms with van der Waals surface area (Å²) in [4.78, 5) is 27.3. The van der Waals surface area contributed by atoms with Crippen molar-refractivity contribution in [1.29, 1.82) is 0 Å². The number of ether oxygens (including phenoxy) is 1. The smallest absolute Gasteiger partial charge is 0.339 e. The molecular formula is C28H35N3O5. The van der Waals surface area contributed by atoms with Crippen molar-refractivity contribution >= 4 is 16.9 Å². The van der Waals surface area contributed by atoms with E-state index in [0.29, 0.717) is 30.6 Å². The van der Waals surface area contributed by atoms with Gasteiger partial charge in [0.2, 0.25) is 5.91 Å². The monoisotopic (exact) mass is 493 g/mol. The van der Waals surface area contributed by atoms with Crippen LogP contribution in [0.5, 0.6) is 5.75 Å². The van der Waals surface area contributed by atoms with E-state index in [1.807, 2.05) is 43.3 Å². The van der Waals surface area contributed by atoms with Gasteiger partial charge in [-0.2, -0.15) is 0 Å². The first-order valence-corrected chi connectivity index (χ1v) is 12.6. The van der Waals surface area contributed by atoms with Gasteiger partial charge in [-0.05, 0) is 68.5 Å². The number of amides is 1. The lowest BCUT2D eigenvalue weighted by molar-refractivity contribution is -0.133. The Hall–Kier alpha value is -3.20. The SMILES string of the molecule is Cc1ccc2oc(=O)c(CC(CCc3ccc(OCCCN4CCNCC4)cc3)C(=O)NO)cc2c1. The fourth-order valence-corrected chi connectivity index (χ4v) is 4.62. The molecule has 0 saturated carbocycles. The molecular weight excluding hydrogens is 458 g/mol. The summed E-state index contributed by atoms with van der Waals surface area (Å²) >= 11 is 0. The number of piperazine rings is 1. The molecule has 1 aliphatic rings. The Kier molecular flexibility index (Phi) is 9.11. The molecule has 192 valence electrons. The zero-order valence-corrected chi connectivity index (χ0v) is 20.8. The van der Waals surface area contributed by atoms with E-state index in [0.717, 1.165) is 61.4 Å². The second-order valence-corrected chi connectivity index (χ2v) is 9.45. The first-order chi connectivity index (χ1) is 17.5. The molecule has 36 heavy (non-hydrogen) atoms. The van der Waals surface area contributed by atoms with Crippen LogP contribution in [-0.4, -0.2) is 55.3 Å². The van der Waals surface area contributed by atoms with Crippen LogP contribution >= 0.6 is 0 Å². The van der Waals surface area contributed by atoms with E-state index in [1.54, 1.807) is 17.6 Å². The molecule has 3 N–H and O–H groups in total. The Labute approximate surface area is 211 Å². The molecule has 4 rings (SSSR count). The standard InChI is InChI=1S/C28H35N3O5/c1-20-3-10-26-23(17-20)19-24(28(33)36-26)18-22(27(32)30-34)7-4-21-5-8-25(9-6-21)35-16-2-13-31-14-11-29-12-15-31/h3,5-6,8-10,17,19,22,29,34H,2,4,7,11-16,18H2,1H3,(H,30,32). The second kappa shape index (κ2) is 12.7. The molecule has 2 aromatic carbocycles. The molecule has 1 unspecified atom stereocenters. The maximum atomic E-state index is 12.5. The molecule has 1 aliphatic heterocycles. The normalized spacial score (nSPS) is 15.1. The van der Waals surface area contributed by atoms with Gasteiger partial charge < -0.3 is 19.4 Å². The highest BCUT2D eigenvalue weighted by Crippen LogP contribution is 2.20. The maximum absolute atomic E-state index is 12.5. The van der Waals surface area contributed by atoms with Crippen LogP contribution < -0.4 is 21.2 Å². The van der Waals surface area contributed by atoms with Crippen LogP contribution in [0.25, 0.3) is 11.0 Å². The number of benzene rings is 2. The summed E-state index contributed by atoms with van der Waals surface area (Å²) in [6.45, 7) is 7.98. The lowest BCUT2D eigenvalue weighted by Gasteiger charge is -2.26. The molecule has 3 aromatic rings. The third kappa shape index (κ3) is 7.16. The minimum absolute atomic E-state index is 0.187. The largest absolute Gasteiger partial charge is 0.494 e. The topological polar surface area (TPSA) is 104 Å². The number of aryl methyl sites for hydroxylation is 2. The maximum Gasteiger partial charge on any atom is 0.339 e. The molecule has 0 bridgehead atoms. The van der Waals surface area contributed by atoms with Gasteiger partial charge in [-0.1, -0.05) is 23.8 Å². The number of carbonyl (C=O) groups is 1. The van der Waals surface area contributed by atoms with Crippen LogP contribution in [0.3, 0.4) is 0 Å². The van der Waals surface area contributed by atoms with Crippen molar-refractivity contribution in [3.05, 3.63) is 75.6 Å². The van der Waals surface area contributed by atoms with Crippen molar-refractivity contribution in [3.63, 3.8) is 0 Å². The van der Waals surface area contributed by atoms with Gasteiger partial charge in [0.05, 0.1) is 6.61 Å². The summed E-state index contributed by atoms with van der Waals surface area (Å²) in [5.41, 5.74) is 4.34. The van der Waals surface area contributed by atoms with Gasteiger partial charge in [0.1, 0.15) is 11.3 Å². The Morgan fingerprint density at radius 1 is 1.17 bits per heavy atom. The van der Waals surface area contributed by atoms with Gasteiger partial charge >= 0.3 is 5.63 Å². The number of nitrogens with one attached hydrogen (secondary N) is 2. The quantitative estimate of drug-likeness (QED) is 0.163. The summed E-state index contributed by atoms with van der Waals surface area (Å²) in [6.07, 6.45) is 2.27. The number of hydrogen-bond acceptors (Lipinski definition) is 7. The molecule has 1 aromatic heterocycles. The third-order valence-corrected chi connectivity index (χ3v) is 6.71. The predicted octanol–water partition coefficient (Wildman–Crippen LogP) is 3.07. The van der Waals surface area contributed by atoms with Crippen molar-refractivity contribution < 1.29 is 19.2 Å². The Bertz CT molecular complexity index is 1200. The van der Waals surface area contributed by atoms with Crippen LogP contribution in [0.4, 0.5) is 0 Å². The highest BCUT2D eigenvalue weighted by molar-refractivity contribution is 5.79. The first kappa shape index (κ1) is 25.9. The van der Waals surface area contributed by atoms with Gasteiger partial charge in [0, 0.05) is 49.6 Å². The van der Waals surface area contributed by atoms with Crippen LogP contribution in [-0.2, 0) is 17.6 Å². The average Bonchev–Trinajstić information content (AvgIpc) is 2.90. The van der Waals surface area contributed by atoms with E-state index in [4.69, 9.17) is 9.15 Å². The van der Waals surface area contributed by atoms with Crippen LogP contribution in [0.1, 0.15) is 29.5 Å². The molecule has 1 fully saturated rings. The van der Waals surface area contributed by atoms with Crippen molar-refractivity contribution in [3.8, 4) is 5.75 Å². The summed E-state index contributed by atoms with van der Waals surface area (Å²) in [5.74, 6) is -0.253. The molecule has 8 nitrogen and oxygen atoms in total. The summed E-state index contributed by atoms with van der Waals surface area (Å²) in [5, 5.41) is 13.4. The van der Waals surface area contributed by atoms with E-state index >= 15 is 0 Å². The van der Waals surface area contributed by atoms with E-state index < -0.39 is 17.5 Å². The molecule has 0 spiro atoms. The molecule has 1 amide bonds. The third-order valence-electron chi connectivity index (χ3n) is 6.71. The average molecular weight is 494 g/mol. The Balaban J connectivity index is 1.31. The molecule has 2 heterocycles. The van der Waals surface area contributed by atoms with E-state index in [9.17, 15) is 14.8 Å². The van der Waals surface area contributed by atoms with Crippen LogP contribution in [0.15, 0.2) is 57.7 Å².